The van der Waals surface area contributed by atoms with Crippen LogP contribution in [-0.2, 0) is 16.0 Å². The highest BCUT2D eigenvalue weighted by Gasteiger charge is 2.04. The third kappa shape index (κ3) is 7.00. The van der Waals surface area contributed by atoms with E-state index in [4.69, 9.17) is 9.47 Å². The van der Waals surface area contributed by atoms with Gasteiger partial charge < -0.3 is 20.1 Å². The van der Waals surface area contributed by atoms with E-state index in [1.165, 1.54) is 12.1 Å². The van der Waals surface area contributed by atoms with Crippen molar-refractivity contribution in [1.29, 1.82) is 0 Å². The summed E-state index contributed by atoms with van der Waals surface area (Å²) in [6.07, 6.45) is 0. The van der Waals surface area contributed by atoms with Crippen LogP contribution in [0.2, 0.25) is 0 Å². The fraction of sp³-hybridized carbons (Fsp3) is 0.500. The Morgan fingerprint density at radius 3 is 2.14 bits per heavy atom. The van der Waals surface area contributed by atoms with Crippen molar-refractivity contribution >= 4 is 11.6 Å². The molecule has 0 heterocycles. The lowest BCUT2D eigenvalue weighted by molar-refractivity contribution is -0.384. The van der Waals surface area contributed by atoms with E-state index < -0.39 is 4.92 Å². The molecule has 122 valence electrons. The highest BCUT2D eigenvalue weighted by Crippen LogP contribution is 2.12. The number of rotatable bonds is 9. The van der Waals surface area contributed by atoms with Crippen LogP contribution in [-0.4, -0.2) is 51.4 Å². The molecular weight excluding hydrogens is 288 g/mol. The smallest absolute Gasteiger partial charge is 0.269 e. The lowest BCUT2D eigenvalue weighted by Crippen LogP contribution is -2.40. The Balaban J connectivity index is 2.58. The van der Waals surface area contributed by atoms with Gasteiger partial charge in [0.1, 0.15) is 0 Å². The van der Waals surface area contributed by atoms with Crippen LogP contribution < -0.4 is 10.6 Å². The van der Waals surface area contributed by atoms with Gasteiger partial charge in [-0.1, -0.05) is 12.1 Å². The summed E-state index contributed by atoms with van der Waals surface area (Å²) in [5.41, 5.74) is 0.967. The van der Waals surface area contributed by atoms with Gasteiger partial charge in [-0.05, 0) is 5.56 Å². The first-order chi connectivity index (χ1) is 10.7. The summed E-state index contributed by atoms with van der Waals surface area (Å²) in [6.45, 7) is 2.84. The summed E-state index contributed by atoms with van der Waals surface area (Å²) in [5, 5.41) is 16.9. The molecule has 0 saturated heterocycles. The summed E-state index contributed by atoms with van der Waals surface area (Å²) in [7, 11) is 3.27. The number of aliphatic imine (C=N–C) groups is 1. The minimum atomic E-state index is -0.420. The number of nitro benzene ring substituents is 1. The Labute approximate surface area is 129 Å². The molecule has 8 nitrogen and oxygen atoms in total. The molecule has 22 heavy (non-hydrogen) atoms. The van der Waals surface area contributed by atoms with Gasteiger partial charge in [-0.25, -0.2) is 4.99 Å². The number of nitrogens with one attached hydrogen (secondary N) is 2. The largest absolute Gasteiger partial charge is 0.383 e. The Morgan fingerprint density at radius 2 is 1.68 bits per heavy atom. The van der Waals surface area contributed by atoms with Gasteiger partial charge in [0.15, 0.2) is 5.96 Å². The molecule has 1 rings (SSSR count). The predicted molar refractivity (Wildman–Crippen MR) is 84.0 cm³/mol. The third-order valence-corrected chi connectivity index (χ3v) is 2.76. The monoisotopic (exact) mass is 310 g/mol. The molecular formula is C14H22N4O4. The molecule has 0 spiro atoms. The van der Waals surface area contributed by atoms with Crippen molar-refractivity contribution in [1.82, 2.24) is 10.6 Å². The number of guanidine groups is 1. The maximum absolute atomic E-state index is 10.6. The van der Waals surface area contributed by atoms with Crippen LogP contribution >= 0.6 is 0 Å². The molecule has 0 aliphatic heterocycles. The average Bonchev–Trinajstić information content (AvgIpc) is 2.53. The molecule has 0 bridgehead atoms. The Bertz CT molecular complexity index is 464. The molecule has 1 aromatic carbocycles. The highest BCUT2D eigenvalue weighted by atomic mass is 16.6. The number of nitrogens with zero attached hydrogens (tertiary/aromatic N) is 2. The molecule has 8 heteroatoms. The van der Waals surface area contributed by atoms with Crippen molar-refractivity contribution in [3.05, 3.63) is 39.9 Å². The van der Waals surface area contributed by atoms with Gasteiger partial charge in [-0.3, -0.25) is 10.1 Å². The molecule has 0 radical (unpaired) electrons. The van der Waals surface area contributed by atoms with E-state index in [1.807, 2.05) is 0 Å². The normalized spacial score (nSPS) is 10.1. The molecule has 1 aromatic rings. The van der Waals surface area contributed by atoms with E-state index >= 15 is 0 Å². The number of methoxy groups -OCH3 is 2. The number of ether oxygens (including phenoxy) is 2. The van der Waals surface area contributed by atoms with Gasteiger partial charge in [0.25, 0.3) is 5.69 Å². The molecule has 0 atom stereocenters. The van der Waals surface area contributed by atoms with Gasteiger partial charge >= 0.3 is 0 Å². The van der Waals surface area contributed by atoms with Gasteiger partial charge in [-0.2, -0.15) is 0 Å². The molecule has 0 aliphatic rings. The molecule has 0 amide bonds. The van der Waals surface area contributed by atoms with Crippen molar-refractivity contribution in [2.75, 3.05) is 40.5 Å². The van der Waals surface area contributed by atoms with E-state index in [1.54, 1.807) is 26.4 Å². The SMILES string of the molecule is COCCNC(=NCc1ccc([N+](=O)[O-])cc1)NCCOC. The first kappa shape index (κ1) is 17.9. The number of hydrogen-bond donors (Lipinski definition) is 2. The van der Waals surface area contributed by atoms with Gasteiger partial charge in [0.2, 0.25) is 0 Å². The zero-order chi connectivity index (χ0) is 16.2. The van der Waals surface area contributed by atoms with Crippen molar-refractivity contribution in [2.24, 2.45) is 4.99 Å². The first-order valence-corrected chi connectivity index (χ1v) is 6.90. The predicted octanol–water partition coefficient (Wildman–Crippen LogP) is 0.923. The van der Waals surface area contributed by atoms with E-state index in [-0.39, 0.29) is 5.69 Å². The van der Waals surface area contributed by atoms with Gasteiger partial charge in [0.05, 0.1) is 24.7 Å². The minimum Gasteiger partial charge on any atom is -0.383 e. The maximum atomic E-state index is 10.6. The van der Waals surface area contributed by atoms with Crippen LogP contribution in [0, 0.1) is 10.1 Å². The van der Waals surface area contributed by atoms with Crippen molar-refractivity contribution in [3.8, 4) is 0 Å². The van der Waals surface area contributed by atoms with E-state index in [2.05, 4.69) is 15.6 Å². The molecule has 0 fully saturated rings. The van der Waals surface area contributed by atoms with Crippen LogP contribution in [0.4, 0.5) is 5.69 Å². The molecule has 2 N–H and O–H groups in total. The summed E-state index contributed by atoms with van der Waals surface area (Å²) in [6, 6.07) is 6.34. The Morgan fingerprint density at radius 1 is 1.14 bits per heavy atom. The summed E-state index contributed by atoms with van der Waals surface area (Å²) < 4.78 is 9.96. The zero-order valence-electron chi connectivity index (χ0n) is 12.9. The summed E-state index contributed by atoms with van der Waals surface area (Å²) >= 11 is 0. The van der Waals surface area contributed by atoms with Gasteiger partial charge in [0, 0.05) is 39.4 Å². The van der Waals surface area contributed by atoms with E-state index in [9.17, 15) is 10.1 Å². The molecule has 0 aromatic heterocycles. The number of non-ortho nitro benzene ring substituents is 1. The fourth-order valence-corrected chi connectivity index (χ4v) is 1.61. The van der Waals surface area contributed by atoms with Crippen LogP contribution in [0.15, 0.2) is 29.3 Å². The van der Waals surface area contributed by atoms with Crippen LogP contribution in [0.5, 0.6) is 0 Å². The molecule has 0 unspecified atom stereocenters. The molecule has 0 aliphatic carbocycles. The summed E-state index contributed by atoms with van der Waals surface area (Å²) in [4.78, 5) is 14.6. The number of benzene rings is 1. The maximum Gasteiger partial charge on any atom is 0.269 e. The lowest BCUT2D eigenvalue weighted by atomic mass is 10.2. The van der Waals surface area contributed by atoms with E-state index in [0.29, 0.717) is 38.8 Å². The van der Waals surface area contributed by atoms with Crippen LogP contribution in [0.1, 0.15) is 5.56 Å². The highest BCUT2D eigenvalue weighted by molar-refractivity contribution is 5.79. The third-order valence-electron chi connectivity index (χ3n) is 2.76. The van der Waals surface area contributed by atoms with E-state index in [0.717, 1.165) is 5.56 Å². The van der Waals surface area contributed by atoms with Crippen molar-refractivity contribution in [2.45, 2.75) is 6.54 Å². The minimum absolute atomic E-state index is 0.0735. The Kier molecular flexibility index (Phi) is 8.54. The summed E-state index contributed by atoms with van der Waals surface area (Å²) in [5.74, 6) is 0.646. The second kappa shape index (κ2) is 10.5. The second-order valence-electron chi connectivity index (χ2n) is 4.43. The first-order valence-electron chi connectivity index (χ1n) is 6.90. The second-order valence-corrected chi connectivity index (χ2v) is 4.43. The van der Waals surface area contributed by atoms with Crippen molar-refractivity contribution in [3.63, 3.8) is 0 Å². The fourth-order valence-electron chi connectivity index (χ4n) is 1.61. The van der Waals surface area contributed by atoms with Gasteiger partial charge in [-0.15, -0.1) is 0 Å². The van der Waals surface area contributed by atoms with Crippen molar-refractivity contribution < 1.29 is 14.4 Å². The van der Waals surface area contributed by atoms with Crippen LogP contribution in [0.25, 0.3) is 0 Å². The average molecular weight is 310 g/mol. The lowest BCUT2D eigenvalue weighted by Gasteiger charge is -2.12. The molecule has 0 saturated carbocycles. The zero-order valence-corrected chi connectivity index (χ0v) is 12.9. The topological polar surface area (TPSA) is 98.0 Å². The number of nitro groups is 1. The number of hydrogen-bond acceptors (Lipinski definition) is 5. The standard InChI is InChI=1S/C14H22N4O4/c1-21-9-7-15-14(16-8-10-22-2)17-11-12-3-5-13(6-4-12)18(19)20/h3-6H,7-11H2,1-2H3,(H2,15,16,17). The quantitative estimate of drug-likeness (QED) is 0.231. The van der Waals surface area contributed by atoms with Crippen LogP contribution in [0.3, 0.4) is 0 Å². The Hall–Kier alpha value is -2.19.